The molecule has 0 saturated carbocycles. The predicted molar refractivity (Wildman–Crippen MR) is 198 cm³/mol. The highest BCUT2D eigenvalue weighted by atomic mass is 16.8. The first-order valence-corrected chi connectivity index (χ1v) is 20.3. The number of amides is 3. The van der Waals surface area contributed by atoms with Crippen molar-refractivity contribution in [3.05, 3.63) is 0 Å². The van der Waals surface area contributed by atoms with Crippen LogP contribution < -0.4 is 16.0 Å². The molecule has 63 heavy (non-hydrogen) atoms. The zero-order chi connectivity index (χ0) is 46.8. The quantitative estimate of drug-likeness (QED) is 0.0769. The Bertz CT molecular complexity index is 1520. The number of aliphatic hydroxyl groups excluding tert-OH is 12. The molecule has 0 spiro atoms. The van der Waals surface area contributed by atoms with Gasteiger partial charge in [0.1, 0.15) is 110 Å². The second kappa shape index (κ2) is 21.9. The van der Waals surface area contributed by atoms with Crippen LogP contribution in [0.15, 0.2) is 0 Å². The first kappa shape index (κ1) is 51.6. The summed E-state index contributed by atoms with van der Waals surface area (Å²) in [4.78, 5) is 38.1. The Morgan fingerprint density at radius 3 is 1.21 bits per heavy atom. The Hall–Kier alpha value is -2.43. The Labute approximate surface area is 359 Å². The third-order valence-corrected chi connectivity index (χ3v) is 11.4. The number of carbonyl (C=O) groups excluding carboxylic acids is 3. The zero-order valence-electron chi connectivity index (χ0n) is 34.8. The molecule has 0 aromatic carbocycles. The molecule has 5 aliphatic heterocycles. The van der Waals surface area contributed by atoms with Gasteiger partial charge in [-0.2, -0.15) is 0 Å². The maximum atomic E-state index is 12.8. The van der Waals surface area contributed by atoms with E-state index in [1.807, 2.05) is 0 Å². The Morgan fingerprint density at radius 2 is 0.778 bits per heavy atom. The molecule has 0 aliphatic carbocycles. The van der Waals surface area contributed by atoms with Crippen molar-refractivity contribution < 1.29 is 118 Å². The topological polar surface area (TPSA) is 413 Å². The van der Waals surface area contributed by atoms with Crippen molar-refractivity contribution in [2.45, 2.75) is 188 Å². The maximum absolute atomic E-state index is 12.8. The van der Waals surface area contributed by atoms with Crippen molar-refractivity contribution in [1.82, 2.24) is 16.0 Å². The number of hydrogen-bond donors (Lipinski definition) is 15. The largest absolute Gasteiger partial charge is 0.394 e. The van der Waals surface area contributed by atoms with Gasteiger partial charge in [-0.15, -0.1) is 0 Å². The lowest BCUT2D eigenvalue weighted by atomic mass is 9.93. The number of nitrogens with one attached hydrogen (secondary N) is 3. The van der Waals surface area contributed by atoms with Crippen LogP contribution in [0.4, 0.5) is 0 Å². The van der Waals surface area contributed by atoms with Crippen molar-refractivity contribution in [3.8, 4) is 0 Å². The van der Waals surface area contributed by atoms with Crippen molar-refractivity contribution in [2.75, 3.05) is 19.8 Å². The summed E-state index contributed by atoms with van der Waals surface area (Å²) in [5.74, 6) is -2.24. The van der Waals surface area contributed by atoms with Gasteiger partial charge in [-0.05, 0) is 13.8 Å². The lowest BCUT2D eigenvalue weighted by Crippen LogP contribution is -2.72. The monoisotopic (exact) mass is 919 g/mol. The SMILES string of the molecule is CC(=O)N[C@@H]1[C@H](O[C@H]2[C@H](O)[C@@H](CO)O[C@H](O[C@@H]3[C@H](O)[C@H](C)O[C@@H](O[C@H]4[C@H](O)[C@@H](O)[C@@H](O)O[C@@H]4CO)[C@H]3NC(C)=O)[C@@H]2NC(C)=O)O[C@@H](C)[C@@H](O)[C@H]1O[C@H]1O[C@H](CO)[C@@H](O)[C@H](O)[C@H]1O. The number of ether oxygens (including phenoxy) is 9. The van der Waals surface area contributed by atoms with Crippen molar-refractivity contribution in [3.63, 3.8) is 0 Å². The lowest BCUT2D eigenvalue weighted by molar-refractivity contribution is -0.366. The zero-order valence-corrected chi connectivity index (χ0v) is 34.8. The molecule has 27 heteroatoms. The summed E-state index contributed by atoms with van der Waals surface area (Å²) in [6.45, 7) is 3.42. The summed E-state index contributed by atoms with van der Waals surface area (Å²) >= 11 is 0. The standard InChI is InChI=1S/C36H61N3O24/c1-9-20(46)29(17(37-11(3)43)33(55-9)60-28-16(8-42)57-32(54)26(52)25(28)51)61-35-19(39-13(5)45)31(23(49)15(7-41)58-35)62-34-18(38-12(4)44)30(21(47)10(2)56-34)63-36-27(53)24(50)22(48)14(6-40)59-36/h9-10,14-36,40-42,46-54H,6-8H2,1-5H3,(H,37,43)(H,38,44)(H,39,45)/t9-,10-,14+,15+,16+,17-,18-,19+,20+,21+,22+,23+,24-,25+,26+,27+,28+,29-,30-,31+,32-,33-,34-,35+,36+/m0/s1. The first-order valence-electron chi connectivity index (χ1n) is 20.3. The number of aliphatic hydroxyl groups is 12. The molecule has 0 aromatic rings. The molecule has 5 heterocycles. The molecule has 5 aliphatic rings. The van der Waals surface area contributed by atoms with E-state index < -0.39 is 191 Å². The van der Waals surface area contributed by atoms with Crippen LogP contribution in [-0.2, 0) is 57.0 Å². The van der Waals surface area contributed by atoms with Crippen LogP contribution in [-0.4, -0.2) is 252 Å². The van der Waals surface area contributed by atoms with E-state index >= 15 is 0 Å². The molecule has 15 N–H and O–H groups in total. The van der Waals surface area contributed by atoms with Gasteiger partial charge in [-0.25, -0.2) is 0 Å². The Kier molecular flexibility index (Phi) is 17.9. The van der Waals surface area contributed by atoms with Crippen LogP contribution in [0.2, 0.25) is 0 Å². The molecule has 25 atom stereocenters. The van der Waals surface area contributed by atoms with Gasteiger partial charge in [0.2, 0.25) is 17.7 Å². The smallest absolute Gasteiger partial charge is 0.217 e. The van der Waals surface area contributed by atoms with Gasteiger partial charge < -0.3 is 120 Å². The number of hydrogen-bond acceptors (Lipinski definition) is 24. The van der Waals surface area contributed by atoms with Crippen LogP contribution in [0.1, 0.15) is 34.6 Å². The van der Waals surface area contributed by atoms with Gasteiger partial charge in [0, 0.05) is 20.8 Å². The van der Waals surface area contributed by atoms with E-state index in [1.54, 1.807) is 0 Å². The summed E-state index contributed by atoms with van der Waals surface area (Å²) in [7, 11) is 0. The fourth-order valence-electron chi connectivity index (χ4n) is 8.12. The van der Waals surface area contributed by atoms with Crippen LogP contribution in [0.25, 0.3) is 0 Å². The minimum absolute atomic E-state index is 0.731. The molecular weight excluding hydrogens is 858 g/mol. The molecule has 364 valence electrons. The highest BCUT2D eigenvalue weighted by molar-refractivity contribution is 5.74. The second-order valence-corrected chi connectivity index (χ2v) is 16.1. The van der Waals surface area contributed by atoms with Crippen LogP contribution in [0.5, 0.6) is 0 Å². The summed E-state index contributed by atoms with van der Waals surface area (Å²) in [6.07, 6.45) is -37.0. The fraction of sp³-hybridized carbons (Fsp3) is 0.917. The van der Waals surface area contributed by atoms with E-state index in [-0.39, 0.29) is 0 Å². The van der Waals surface area contributed by atoms with E-state index in [0.717, 1.165) is 20.8 Å². The average Bonchev–Trinajstić information content (AvgIpc) is 3.22. The second-order valence-electron chi connectivity index (χ2n) is 16.1. The highest BCUT2D eigenvalue weighted by Gasteiger charge is 2.57. The summed E-state index contributed by atoms with van der Waals surface area (Å²) in [5.41, 5.74) is 0. The van der Waals surface area contributed by atoms with Gasteiger partial charge in [0.05, 0.1) is 32.0 Å². The molecule has 0 unspecified atom stereocenters. The van der Waals surface area contributed by atoms with E-state index in [1.165, 1.54) is 13.8 Å². The van der Waals surface area contributed by atoms with Gasteiger partial charge in [-0.3, -0.25) is 14.4 Å². The molecule has 27 nitrogen and oxygen atoms in total. The van der Waals surface area contributed by atoms with E-state index in [0.29, 0.717) is 0 Å². The average molecular weight is 920 g/mol. The van der Waals surface area contributed by atoms with Crippen LogP contribution >= 0.6 is 0 Å². The van der Waals surface area contributed by atoms with Gasteiger partial charge >= 0.3 is 0 Å². The van der Waals surface area contributed by atoms with E-state index in [2.05, 4.69) is 16.0 Å². The Balaban J connectivity index is 1.48. The van der Waals surface area contributed by atoms with Gasteiger partial charge in [0.15, 0.2) is 31.5 Å². The van der Waals surface area contributed by atoms with Crippen molar-refractivity contribution >= 4 is 17.7 Å². The van der Waals surface area contributed by atoms with Crippen molar-refractivity contribution in [1.29, 1.82) is 0 Å². The number of rotatable bonds is 14. The minimum Gasteiger partial charge on any atom is -0.394 e. The highest BCUT2D eigenvalue weighted by Crippen LogP contribution is 2.36. The predicted octanol–water partition coefficient (Wildman–Crippen LogP) is -9.44. The Morgan fingerprint density at radius 1 is 0.413 bits per heavy atom. The molecular formula is C36H61N3O24. The van der Waals surface area contributed by atoms with Crippen molar-refractivity contribution in [2.24, 2.45) is 0 Å². The molecule has 0 radical (unpaired) electrons. The lowest BCUT2D eigenvalue weighted by Gasteiger charge is -2.51. The molecule has 0 aromatic heterocycles. The van der Waals surface area contributed by atoms with Gasteiger partial charge in [-0.1, -0.05) is 0 Å². The first-order chi connectivity index (χ1) is 29.6. The third-order valence-electron chi connectivity index (χ3n) is 11.4. The summed E-state index contributed by atoms with van der Waals surface area (Å²) in [5, 5.41) is 135. The fourth-order valence-corrected chi connectivity index (χ4v) is 8.12. The van der Waals surface area contributed by atoms with Gasteiger partial charge in [0.25, 0.3) is 0 Å². The summed E-state index contributed by atoms with van der Waals surface area (Å²) < 4.78 is 52.8. The van der Waals surface area contributed by atoms with E-state index in [4.69, 9.17) is 42.6 Å². The molecule has 5 rings (SSSR count). The molecule has 5 saturated heterocycles. The molecule has 5 fully saturated rings. The maximum Gasteiger partial charge on any atom is 0.217 e. The summed E-state index contributed by atoms with van der Waals surface area (Å²) in [6, 6.07) is -4.73. The third kappa shape index (κ3) is 11.4. The molecule has 0 bridgehead atoms. The van der Waals surface area contributed by atoms with E-state index in [9.17, 15) is 75.7 Å². The van der Waals surface area contributed by atoms with Crippen LogP contribution in [0.3, 0.4) is 0 Å². The normalized spacial score (nSPS) is 48.2. The number of carbonyl (C=O) groups is 3. The minimum atomic E-state index is -1.94. The molecule has 3 amide bonds. The van der Waals surface area contributed by atoms with Crippen LogP contribution in [0, 0.1) is 0 Å².